The van der Waals surface area contributed by atoms with E-state index in [9.17, 15) is 4.79 Å². The van der Waals surface area contributed by atoms with Gasteiger partial charge in [-0.1, -0.05) is 12.1 Å². The molecular weight excluding hydrogens is 403 g/mol. The first-order valence-electron chi connectivity index (χ1n) is 7.56. The van der Waals surface area contributed by atoms with Crippen LogP contribution >= 0.6 is 22.6 Å². The summed E-state index contributed by atoms with van der Waals surface area (Å²) in [4.78, 5) is 14.7. The number of nitrogens with zero attached hydrogens (tertiary/aromatic N) is 1. The number of anilines is 1. The van der Waals surface area contributed by atoms with Gasteiger partial charge in [0.05, 0.1) is 0 Å². The molecule has 2 aromatic rings. The van der Waals surface area contributed by atoms with Crippen molar-refractivity contribution in [3.8, 4) is 5.75 Å². The van der Waals surface area contributed by atoms with Gasteiger partial charge in [0.15, 0.2) is 0 Å². The number of hydrogen-bond donors (Lipinski definition) is 1. The molecule has 1 aliphatic rings. The molecule has 0 atom stereocenters. The number of benzene rings is 2. The Morgan fingerprint density at radius 2 is 2.13 bits per heavy atom. The highest BCUT2D eigenvalue weighted by molar-refractivity contribution is 14.1. The molecule has 2 aromatic carbocycles. The maximum Gasteiger partial charge on any atom is 0.255 e. The molecule has 1 aliphatic heterocycles. The van der Waals surface area contributed by atoms with Gasteiger partial charge < -0.3 is 15.0 Å². The maximum atomic E-state index is 12.4. The monoisotopic (exact) mass is 422 g/mol. The topological polar surface area (TPSA) is 41.6 Å². The first kappa shape index (κ1) is 16.3. The van der Waals surface area contributed by atoms with E-state index in [1.807, 2.05) is 18.2 Å². The van der Waals surface area contributed by atoms with E-state index >= 15 is 0 Å². The van der Waals surface area contributed by atoms with E-state index in [1.54, 1.807) is 12.1 Å². The predicted molar refractivity (Wildman–Crippen MR) is 100 cm³/mol. The smallest absolute Gasteiger partial charge is 0.255 e. The summed E-state index contributed by atoms with van der Waals surface area (Å²) in [6, 6.07) is 13.4. The van der Waals surface area contributed by atoms with Crippen LogP contribution in [0.2, 0.25) is 0 Å². The lowest BCUT2D eigenvalue weighted by atomic mass is 9.99. The Balaban J connectivity index is 1.75. The van der Waals surface area contributed by atoms with Crippen LogP contribution in [-0.2, 0) is 13.0 Å². The summed E-state index contributed by atoms with van der Waals surface area (Å²) in [5.74, 6) is 0.590. The first-order chi connectivity index (χ1) is 11.2. The summed E-state index contributed by atoms with van der Waals surface area (Å²) in [5.41, 5.74) is 4.10. The molecular formula is C18H19IN2O2. The van der Waals surface area contributed by atoms with E-state index in [0.717, 1.165) is 25.2 Å². The van der Waals surface area contributed by atoms with Crippen LogP contribution in [-0.4, -0.2) is 29.0 Å². The van der Waals surface area contributed by atoms with Crippen molar-refractivity contribution < 1.29 is 9.53 Å². The van der Waals surface area contributed by atoms with Crippen molar-refractivity contribution >= 4 is 34.2 Å². The van der Waals surface area contributed by atoms with E-state index in [4.69, 9.17) is 4.74 Å². The largest absolute Gasteiger partial charge is 0.483 e. The second kappa shape index (κ2) is 7.31. The number of carbonyl (C=O) groups is 1. The molecule has 0 bridgehead atoms. The van der Waals surface area contributed by atoms with Gasteiger partial charge in [0, 0.05) is 24.3 Å². The minimum atomic E-state index is -0.118. The minimum Gasteiger partial charge on any atom is -0.483 e. The molecule has 1 N–H and O–H groups in total. The second-order valence-electron chi connectivity index (χ2n) is 5.71. The maximum absolute atomic E-state index is 12.4. The number of amides is 1. The number of carbonyl (C=O) groups excluding carboxylic acids is 1. The van der Waals surface area contributed by atoms with Crippen LogP contribution in [0, 0.1) is 0 Å². The van der Waals surface area contributed by atoms with E-state index in [1.165, 1.54) is 11.1 Å². The molecule has 0 fully saturated rings. The van der Waals surface area contributed by atoms with Crippen molar-refractivity contribution in [3.63, 3.8) is 0 Å². The van der Waals surface area contributed by atoms with Gasteiger partial charge in [-0.15, -0.1) is 0 Å². The minimum absolute atomic E-state index is 0.118. The van der Waals surface area contributed by atoms with Gasteiger partial charge in [-0.2, -0.15) is 0 Å². The molecule has 0 saturated carbocycles. The third-order valence-electron chi connectivity index (χ3n) is 3.98. The third kappa shape index (κ3) is 4.03. The summed E-state index contributed by atoms with van der Waals surface area (Å²) < 4.78 is 5.99. The fraction of sp³-hybridized carbons (Fsp3) is 0.278. The van der Waals surface area contributed by atoms with Crippen LogP contribution in [0.25, 0.3) is 0 Å². The van der Waals surface area contributed by atoms with Crippen molar-refractivity contribution in [2.24, 2.45) is 0 Å². The van der Waals surface area contributed by atoms with Crippen molar-refractivity contribution in [2.45, 2.75) is 13.0 Å². The summed E-state index contributed by atoms with van der Waals surface area (Å²) in [6.45, 7) is 2.01. The zero-order chi connectivity index (χ0) is 16.2. The zero-order valence-electron chi connectivity index (χ0n) is 13.0. The number of hydrogen-bond acceptors (Lipinski definition) is 3. The highest BCUT2D eigenvalue weighted by Gasteiger charge is 2.14. The normalized spacial score (nSPS) is 14.2. The lowest BCUT2D eigenvalue weighted by molar-refractivity contribution is 0.102. The number of fused-ring (bicyclic) bond motifs is 1. The van der Waals surface area contributed by atoms with E-state index in [2.05, 4.69) is 52.0 Å². The average molecular weight is 422 g/mol. The molecule has 4 nitrogen and oxygen atoms in total. The molecule has 0 unspecified atom stereocenters. The van der Waals surface area contributed by atoms with Crippen LogP contribution in [0.4, 0.5) is 5.69 Å². The SMILES string of the molecule is CN1CCc2ccc(NC(=O)c3cccc(OCI)c3)cc2C1. The number of alkyl halides is 1. The number of rotatable bonds is 4. The Morgan fingerprint density at radius 3 is 2.96 bits per heavy atom. The zero-order valence-corrected chi connectivity index (χ0v) is 15.2. The van der Waals surface area contributed by atoms with Crippen LogP contribution in [0.3, 0.4) is 0 Å². The second-order valence-corrected chi connectivity index (χ2v) is 6.33. The lowest BCUT2D eigenvalue weighted by Gasteiger charge is -2.25. The first-order valence-corrected chi connectivity index (χ1v) is 9.09. The molecule has 120 valence electrons. The predicted octanol–water partition coefficient (Wildman–Crippen LogP) is 3.70. The van der Waals surface area contributed by atoms with E-state index < -0.39 is 0 Å². The number of halogens is 1. The standard InChI is InChI=1S/C18H19IN2O2/c1-21-8-7-13-5-6-16(9-15(13)11-21)20-18(22)14-3-2-4-17(10-14)23-12-19/h2-6,9-10H,7-8,11-12H2,1H3,(H,20,22). The fourth-order valence-corrected chi connectivity index (χ4v) is 3.13. The Bertz CT molecular complexity index is 718. The Morgan fingerprint density at radius 1 is 1.26 bits per heavy atom. The van der Waals surface area contributed by atoms with Crippen LogP contribution < -0.4 is 10.1 Å². The number of nitrogens with one attached hydrogen (secondary N) is 1. The molecule has 0 spiro atoms. The molecule has 5 heteroatoms. The van der Waals surface area contributed by atoms with E-state index in [0.29, 0.717) is 15.9 Å². The van der Waals surface area contributed by atoms with Crippen LogP contribution in [0.5, 0.6) is 5.75 Å². The molecule has 1 amide bonds. The third-order valence-corrected chi connectivity index (χ3v) is 4.30. The van der Waals surface area contributed by atoms with Gasteiger partial charge in [-0.05, 0) is 77.5 Å². The van der Waals surface area contributed by atoms with Crippen LogP contribution in [0.1, 0.15) is 21.5 Å². The van der Waals surface area contributed by atoms with Gasteiger partial charge in [-0.3, -0.25) is 4.79 Å². The Labute approximate surface area is 150 Å². The van der Waals surface area contributed by atoms with E-state index in [-0.39, 0.29) is 5.91 Å². The van der Waals surface area contributed by atoms with Crippen molar-refractivity contribution in [3.05, 3.63) is 59.2 Å². The molecule has 1 heterocycles. The highest BCUT2D eigenvalue weighted by atomic mass is 127. The number of ether oxygens (including phenoxy) is 1. The van der Waals surface area contributed by atoms with Gasteiger partial charge in [0.1, 0.15) is 10.4 Å². The molecule has 0 aromatic heterocycles. The highest BCUT2D eigenvalue weighted by Crippen LogP contribution is 2.23. The molecule has 3 rings (SSSR count). The summed E-state index contributed by atoms with van der Waals surface area (Å²) in [7, 11) is 2.12. The Kier molecular flexibility index (Phi) is 5.17. The van der Waals surface area contributed by atoms with Crippen LogP contribution in [0.15, 0.2) is 42.5 Å². The molecule has 0 saturated heterocycles. The molecule has 23 heavy (non-hydrogen) atoms. The van der Waals surface area contributed by atoms with Crippen molar-refractivity contribution in [2.75, 3.05) is 23.5 Å². The lowest BCUT2D eigenvalue weighted by Crippen LogP contribution is -2.26. The Hall–Kier alpha value is -1.60. The average Bonchev–Trinajstić information content (AvgIpc) is 2.55. The number of likely N-dealkylation sites (N-methyl/N-ethyl adjacent to an activating group) is 1. The fourth-order valence-electron chi connectivity index (χ4n) is 2.77. The van der Waals surface area contributed by atoms with Gasteiger partial charge in [-0.25, -0.2) is 0 Å². The molecule has 0 radical (unpaired) electrons. The summed E-state index contributed by atoms with van der Waals surface area (Å²) in [5, 5.41) is 2.98. The van der Waals surface area contributed by atoms with Crippen molar-refractivity contribution in [1.82, 2.24) is 4.90 Å². The quantitative estimate of drug-likeness (QED) is 0.604. The van der Waals surface area contributed by atoms with Crippen molar-refractivity contribution in [1.29, 1.82) is 0 Å². The summed E-state index contributed by atoms with van der Waals surface area (Å²) in [6.07, 6.45) is 1.07. The van der Waals surface area contributed by atoms with Gasteiger partial charge >= 0.3 is 0 Å². The molecule has 0 aliphatic carbocycles. The summed E-state index contributed by atoms with van der Waals surface area (Å²) >= 11 is 2.13. The van der Waals surface area contributed by atoms with Gasteiger partial charge in [0.2, 0.25) is 0 Å². The van der Waals surface area contributed by atoms with Gasteiger partial charge in [0.25, 0.3) is 5.91 Å².